The number of nitrogens with zero attached hydrogens (tertiary/aromatic N) is 2. The van der Waals surface area contributed by atoms with Crippen LogP contribution in [0.1, 0.15) is 18.9 Å². The van der Waals surface area contributed by atoms with Crippen molar-refractivity contribution < 1.29 is 9.47 Å². The number of likely N-dealkylation sites (N-methyl/N-ethyl adjacent to an activating group) is 1. The molecule has 2 aromatic rings. The SMILES string of the molecule is CCN1CCN(CCCOc2ccccc2OCc2ccccc2)CC1. The van der Waals surface area contributed by atoms with Crippen molar-refractivity contribution in [1.82, 2.24) is 9.80 Å². The van der Waals surface area contributed by atoms with Gasteiger partial charge in [0, 0.05) is 32.7 Å². The molecule has 1 aliphatic rings. The van der Waals surface area contributed by atoms with Crippen LogP contribution in [0.25, 0.3) is 0 Å². The zero-order valence-corrected chi connectivity index (χ0v) is 15.8. The van der Waals surface area contributed by atoms with E-state index in [1.54, 1.807) is 0 Å². The number of rotatable bonds is 9. The van der Waals surface area contributed by atoms with E-state index in [1.807, 2.05) is 42.5 Å². The second kappa shape index (κ2) is 10.2. The van der Waals surface area contributed by atoms with Crippen molar-refractivity contribution in [3.63, 3.8) is 0 Å². The summed E-state index contributed by atoms with van der Waals surface area (Å²) in [4.78, 5) is 5.04. The Morgan fingerprint density at radius 3 is 2.08 bits per heavy atom. The number of piperazine rings is 1. The van der Waals surface area contributed by atoms with Crippen LogP contribution in [0.4, 0.5) is 0 Å². The lowest BCUT2D eigenvalue weighted by Gasteiger charge is -2.33. The number of hydrogen-bond acceptors (Lipinski definition) is 4. The predicted octanol–water partition coefficient (Wildman–Crippen LogP) is 3.67. The second-order valence-electron chi connectivity index (χ2n) is 6.70. The Hall–Kier alpha value is -2.04. The van der Waals surface area contributed by atoms with E-state index in [4.69, 9.17) is 9.47 Å². The quantitative estimate of drug-likeness (QED) is 0.642. The minimum atomic E-state index is 0.558. The summed E-state index contributed by atoms with van der Waals surface area (Å²) in [6.45, 7) is 10.5. The molecule has 2 aromatic carbocycles. The van der Waals surface area contributed by atoms with E-state index in [0.29, 0.717) is 6.61 Å². The Labute approximate surface area is 157 Å². The molecule has 0 bridgehead atoms. The van der Waals surface area contributed by atoms with Gasteiger partial charge in [0.25, 0.3) is 0 Å². The summed E-state index contributed by atoms with van der Waals surface area (Å²) in [5.74, 6) is 1.65. The molecule has 140 valence electrons. The molecule has 0 aromatic heterocycles. The van der Waals surface area contributed by atoms with E-state index in [-0.39, 0.29) is 0 Å². The molecule has 0 spiro atoms. The van der Waals surface area contributed by atoms with Gasteiger partial charge in [-0.25, -0.2) is 0 Å². The molecule has 1 fully saturated rings. The summed E-state index contributed by atoms with van der Waals surface area (Å²) < 4.78 is 12.0. The Kier molecular flexibility index (Phi) is 7.35. The van der Waals surface area contributed by atoms with Crippen molar-refractivity contribution >= 4 is 0 Å². The molecule has 0 amide bonds. The summed E-state index contributed by atoms with van der Waals surface area (Å²) in [5, 5.41) is 0. The maximum Gasteiger partial charge on any atom is 0.161 e. The van der Waals surface area contributed by atoms with Gasteiger partial charge in [-0.1, -0.05) is 49.4 Å². The normalized spacial score (nSPS) is 15.7. The zero-order valence-electron chi connectivity index (χ0n) is 15.8. The topological polar surface area (TPSA) is 24.9 Å². The minimum Gasteiger partial charge on any atom is -0.490 e. The third kappa shape index (κ3) is 5.75. The van der Waals surface area contributed by atoms with Crippen LogP contribution in [0, 0.1) is 0 Å². The van der Waals surface area contributed by atoms with Crippen LogP contribution in [0.2, 0.25) is 0 Å². The van der Waals surface area contributed by atoms with E-state index < -0.39 is 0 Å². The molecular formula is C22H30N2O2. The van der Waals surface area contributed by atoms with Crippen LogP contribution in [-0.2, 0) is 6.61 Å². The highest BCUT2D eigenvalue weighted by Crippen LogP contribution is 2.27. The first-order valence-corrected chi connectivity index (χ1v) is 9.68. The summed E-state index contributed by atoms with van der Waals surface area (Å²) in [6.07, 6.45) is 1.04. The van der Waals surface area contributed by atoms with Gasteiger partial charge >= 0.3 is 0 Å². The first-order valence-electron chi connectivity index (χ1n) is 9.68. The first-order chi connectivity index (χ1) is 12.8. The third-order valence-electron chi connectivity index (χ3n) is 4.87. The molecule has 1 saturated heterocycles. The van der Waals surface area contributed by atoms with Crippen molar-refractivity contribution in [2.24, 2.45) is 0 Å². The molecular weight excluding hydrogens is 324 g/mol. The van der Waals surface area contributed by atoms with Crippen LogP contribution in [0.3, 0.4) is 0 Å². The minimum absolute atomic E-state index is 0.558. The van der Waals surface area contributed by atoms with Crippen LogP contribution in [0.15, 0.2) is 54.6 Å². The van der Waals surface area contributed by atoms with Gasteiger partial charge in [-0.2, -0.15) is 0 Å². The number of benzene rings is 2. The number of ether oxygens (including phenoxy) is 2. The first kappa shape index (κ1) is 18.7. The summed E-state index contributed by atoms with van der Waals surface area (Å²) in [6, 6.07) is 18.2. The molecule has 1 heterocycles. The summed E-state index contributed by atoms with van der Waals surface area (Å²) in [5.41, 5.74) is 1.16. The third-order valence-corrected chi connectivity index (χ3v) is 4.87. The molecule has 3 rings (SSSR count). The Bertz CT molecular complexity index is 640. The monoisotopic (exact) mass is 354 g/mol. The maximum atomic E-state index is 6.00. The lowest BCUT2D eigenvalue weighted by molar-refractivity contribution is 0.130. The van der Waals surface area contributed by atoms with E-state index in [1.165, 1.54) is 26.2 Å². The highest BCUT2D eigenvalue weighted by molar-refractivity contribution is 5.39. The molecule has 0 atom stereocenters. The van der Waals surface area contributed by atoms with Gasteiger partial charge in [0.2, 0.25) is 0 Å². The van der Waals surface area contributed by atoms with E-state index >= 15 is 0 Å². The lowest BCUT2D eigenvalue weighted by atomic mass is 10.2. The Morgan fingerprint density at radius 1 is 0.769 bits per heavy atom. The van der Waals surface area contributed by atoms with Crippen molar-refractivity contribution in [2.75, 3.05) is 45.9 Å². The standard InChI is InChI=1S/C22H30N2O2/c1-2-23-14-16-24(17-15-23)13-8-18-25-21-11-6-7-12-22(21)26-19-20-9-4-3-5-10-20/h3-7,9-12H,2,8,13-19H2,1H3. The summed E-state index contributed by atoms with van der Waals surface area (Å²) in [7, 11) is 0. The number of para-hydroxylation sites is 2. The van der Waals surface area contributed by atoms with E-state index in [0.717, 1.165) is 43.2 Å². The Morgan fingerprint density at radius 2 is 1.38 bits per heavy atom. The van der Waals surface area contributed by atoms with Crippen molar-refractivity contribution in [2.45, 2.75) is 20.0 Å². The average Bonchev–Trinajstić information content (AvgIpc) is 2.71. The van der Waals surface area contributed by atoms with Crippen LogP contribution in [-0.4, -0.2) is 55.7 Å². The maximum absolute atomic E-state index is 6.00. The van der Waals surface area contributed by atoms with Gasteiger partial charge in [-0.3, -0.25) is 0 Å². The molecule has 26 heavy (non-hydrogen) atoms. The van der Waals surface area contributed by atoms with E-state index in [9.17, 15) is 0 Å². The predicted molar refractivity (Wildman–Crippen MR) is 106 cm³/mol. The molecule has 0 radical (unpaired) electrons. The fourth-order valence-corrected chi connectivity index (χ4v) is 3.22. The van der Waals surface area contributed by atoms with E-state index in [2.05, 4.69) is 28.9 Å². The van der Waals surface area contributed by atoms with Crippen LogP contribution in [0.5, 0.6) is 11.5 Å². The molecule has 0 unspecified atom stereocenters. The molecule has 1 aliphatic heterocycles. The molecule has 0 aliphatic carbocycles. The van der Waals surface area contributed by atoms with Crippen molar-refractivity contribution in [3.8, 4) is 11.5 Å². The van der Waals surface area contributed by atoms with Gasteiger partial charge < -0.3 is 19.3 Å². The zero-order chi connectivity index (χ0) is 18.0. The fourth-order valence-electron chi connectivity index (χ4n) is 3.22. The van der Waals surface area contributed by atoms with Gasteiger partial charge in [0.15, 0.2) is 11.5 Å². The van der Waals surface area contributed by atoms with Gasteiger partial charge in [-0.05, 0) is 30.7 Å². The van der Waals surface area contributed by atoms with Crippen LogP contribution >= 0.6 is 0 Å². The molecule has 0 N–H and O–H groups in total. The van der Waals surface area contributed by atoms with Gasteiger partial charge in [-0.15, -0.1) is 0 Å². The smallest absolute Gasteiger partial charge is 0.161 e. The van der Waals surface area contributed by atoms with Crippen LogP contribution < -0.4 is 9.47 Å². The molecule has 4 nitrogen and oxygen atoms in total. The molecule has 4 heteroatoms. The second-order valence-corrected chi connectivity index (χ2v) is 6.70. The molecule has 0 saturated carbocycles. The highest BCUT2D eigenvalue weighted by atomic mass is 16.5. The van der Waals surface area contributed by atoms with Gasteiger partial charge in [0.1, 0.15) is 6.61 Å². The highest BCUT2D eigenvalue weighted by Gasteiger charge is 2.14. The largest absolute Gasteiger partial charge is 0.490 e. The summed E-state index contributed by atoms with van der Waals surface area (Å²) >= 11 is 0. The Balaban J connectivity index is 1.41. The van der Waals surface area contributed by atoms with Gasteiger partial charge in [0.05, 0.1) is 6.61 Å². The fraction of sp³-hybridized carbons (Fsp3) is 0.455. The lowest BCUT2D eigenvalue weighted by Crippen LogP contribution is -2.46. The van der Waals surface area contributed by atoms with Crippen molar-refractivity contribution in [3.05, 3.63) is 60.2 Å². The van der Waals surface area contributed by atoms with Crippen molar-refractivity contribution in [1.29, 1.82) is 0 Å². The average molecular weight is 354 g/mol. The number of hydrogen-bond donors (Lipinski definition) is 0.